The van der Waals surface area contributed by atoms with Gasteiger partial charge in [0, 0.05) is 29.2 Å². The molecule has 2 heterocycles. The molecule has 0 spiro atoms. The van der Waals surface area contributed by atoms with Gasteiger partial charge in [-0.15, -0.1) is 0 Å². The van der Waals surface area contributed by atoms with E-state index in [0.29, 0.717) is 28.2 Å². The normalized spacial score (nSPS) is 14.8. The molecule has 4 aromatic rings. The molecule has 9 nitrogen and oxygen atoms in total. The monoisotopic (exact) mass is 490 g/mol. The van der Waals surface area contributed by atoms with Crippen LogP contribution >= 0.6 is 0 Å². The van der Waals surface area contributed by atoms with Crippen molar-refractivity contribution in [1.82, 2.24) is 0 Å². The lowest BCUT2D eigenvalue weighted by molar-refractivity contribution is -0.135. The molecule has 1 atom stereocenters. The summed E-state index contributed by atoms with van der Waals surface area (Å²) in [7, 11) is 4.46. The molecule has 1 aliphatic rings. The number of carbonyl (C=O) groups is 1. The molecule has 5 rings (SSSR count). The molecule has 0 unspecified atom stereocenters. The summed E-state index contributed by atoms with van der Waals surface area (Å²) in [6, 6.07) is 12.3. The SMILES string of the molecule is COc1ccc(-c2cc(=O)c3c(O)cc4c(c3o2)[C@H](c2ccc(OC)c(OC)c2)CC(=O)O4)cc1O. The van der Waals surface area contributed by atoms with Crippen LogP contribution in [0.2, 0.25) is 0 Å². The van der Waals surface area contributed by atoms with Crippen molar-refractivity contribution in [1.29, 1.82) is 0 Å². The third-order valence-electron chi connectivity index (χ3n) is 6.20. The Morgan fingerprint density at radius 3 is 2.25 bits per heavy atom. The number of hydrogen-bond acceptors (Lipinski definition) is 9. The predicted molar refractivity (Wildman–Crippen MR) is 129 cm³/mol. The van der Waals surface area contributed by atoms with Gasteiger partial charge in [0.2, 0.25) is 0 Å². The molecule has 0 fully saturated rings. The Bertz CT molecular complexity index is 1570. The van der Waals surface area contributed by atoms with E-state index in [0.717, 1.165) is 0 Å². The number of benzene rings is 3. The molecule has 1 aromatic heterocycles. The molecule has 36 heavy (non-hydrogen) atoms. The number of esters is 1. The molecular formula is C27H22O9. The molecule has 3 aromatic carbocycles. The Morgan fingerprint density at radius 1 is 0.833 bits per heavy atom. The van der Waals surface area contributed by atoms with E-state index in [9.17, 15) is 19.8 Å². The lowest BCUT2D eigenvalue weighted by Gasteiger charge is -2.26. The topological polar surface area (TPSA) is 125 Å². The van der Waals surface area contributed by atoms with Crippen molar-refractivity contribution in [2.24, 2.45) is 0 Å². The Morgan fingerprint density at radius 2 is 1.56 bits per heavy atom. The lowest BCUT2D eigenvalue weighted by Crippen LogP contribution is -2.22. The summed E-state index contributed by atoms with van der Waals surface area (Å²) >= 11 is 0. The first kappa shape index (κ1) is 23.1. The summed E-state index contributed by atoms with van der Waals surface area (Å²) in [4.78, 5) is 25.6. The number of rotatable bonds is 5. The minimum atomic E-state index is -0.563. The molecule has 0 amide bonds. The molecule has 0 saturated carbocycles. The van der Waals surface area contributed by atoms with E-state index < -0.39 is 17.3 Å². The van der Waals surface area contributed by atoms with E-state index in [1.165, 1.54) is 39.5 Å². The van der Waals surface area contributed by atoms with Gasteiger partial charge in [0.25, 0.3) is 0 Å². The number of hydrogen-bond donors (Lipinski definition) is 2. The van der Waals surface area contributed by atoms with E-state index in [-0.39, 0.29) is 46.1 Å². The largest absolute Gasteiger partial charge is 0.507 e. The van der Waals surface area contributed by atoms with Gasteiger partial charge >= 0.3 is 5.97 Å². The van der Waals surface area contributed by atoms with Crippen molar-refractivity contribution >= 4 is 16.9 Å². The van der Waals surface area contributed by atoms with Gasteiger partial charge in [-0.1, -0.05) is 6.07 Å². The first-order chi connectivity index (χ1) is 17.3. The van der Waals surface area contributed by atoms with Crippen LogP contribution in [0.15, 0.2) is 57.7 Å². The minimum Gasteiger partial charge on any atom is -0.507 e. The second-order valence-electron chi connectivity index (χ2n) is 8.22. The van der Waals surface area contributed by atoms with E-state index in [2.05, 4.69) is 0 Å². The van der Waals surface area contributed by atoms with Gasteiger partial charge in [0.05, 0.1) is 27.8 Å². The fraction of sp³-hybridized carbons (Fsp3) is 0.185. The van der Waals surface area contributed by atoms with Gasteiger partial charge in [-0.2, -0.15) is 0 Å². The molecule has 0 aliphatic carbocycles. The highest BCUT2D eigenvalue weighted by molar-refractivity contribution is 5.93. The zero-order valence-corrected chi connectivity index (χ0v) is 19.7. The van der Waals surface area contributed by atoms with Crippen LogP contribution in [0.5, 0.6) is 34.5 Å². The van der Waals surface area contributed by atoms with Gasteiger partial charge < -0.3 is 33.6 Å². The van der Waals surface area contributed by atoms with Gasteiger partial charge in [-0.3, -0.25) is 9.59 Å². The van der Waals surface area contributed by atoms with Gasteiger partial charge in [0.15, 0.2) is 28.4 Å². The van der Waals surface area contributed by atoms with Crippen molar-refractivity contribution in [3.63, 3.8) is 0 Å². The van der Waals surface area contributed by atoms with Crippen LogP contribution in [0.4, 0.5) is 0 Å². The Hall–Kier alpha value is -4.66. The number of aromatic hydroxyl groups is 2. The van der Waals surface area contributed by atoms with Gasteiger partial charge in [-0.05, 0) is 35.9 Å². The third-order valence-corrected chi connectivity index (χ3v) is 6.20. The lowest BCUT2D eigenvalue weighted by atomic mass is 9.85. The van der Waals surface area contributed by atoms with E-state index in [1.54, 1.807) is 30.3 Å². The molecule has 9 heteroatoms. The second kappa shape index (κ2) is 8.84. The van der Waals surface area contributed by atoms with Crippen LogP contribution in [0.25, 0.3) is 22.3 Å². The smallest absolute Gasteiger partial charge is 0.312 e. The van der Waals surface area contributed by atoms with Crippen molar-refractivity contribution in [3.8, 4) is 45.8 Å². The summed E-state index contributed by atoms with van der Waals surface area (Å²) in [6.07, 6.45) is -0.0282. The van der Waals surface area contributed by atoms with Crippen molar-refractivity contribution < 1.29 is 38.4 Å². The Kier molecular flexibility index (Phi) is 5.68. The highest BCUT2D eigenvalue weighted by atomic mass is 16.5. The zero-order chi connectivity index (χ0) is 25.6. The summed E-state index contributed by atoms with van der Waals surface area (Å²) < 4.78 is 27.4. The fourth-order valence-corrected chi connectivity index (χ4v) is 4.50. The minimum absolute atomic E-state index is 0.0282. The van der Waals surface area contributed by atoms with Crippen LogP contribution < -0.4 is 24.4 Å². The van der Waals surface area contributed by atoms with E-state index in [4.69, 9.17) is 23.4 Å². The van der Waals surface area contributed by atoms with Crippen LogP contribution in [0.3, 0.4) is 0 Å². The third kappa shape index (κ3) is 3.74. The first-order valence-corrected chi connectivity index (χ1v) is 11.0. The summed E-state index contributed by atoms with van der Waals surface area (Å²) in [6.45, 7) is 0. The zero-order valence-electron chi connectivity index (χ0n) is 19.7. The standard InChI is InChI=1S/C27H22O9/c1-32-19-6-5-14(8-16(19)28)21-11-17(29)26-18(30)12-23-25(27(26)36-21)15(10-24(31)35-23)13-4-7-20(33-2)22(9-13)34-3/h4-9,11-12,15,28,30H,10H2,1-3H3/t15-/m0/s1. The van der Waals surface area contributed by atoms with Crippen LogP contribution in [-0.4, -0.2) is 37.5 Å². The maximum atomic E-state index is 13.1. The molecule has 184 valence electrons. The Labute approximate surface area is 205 Å². The van der Waals surface area contributed by atoms with E-state index in [1.807, 2.05) is 0 Å². The summed E-state index contributed by atoms with van der Waals surface area (Å²) in [5.74, 6) is -0.0768. The fourth-order valence-electron chi connectivity index (χ4n) is 4.50. The number of methoxy groups -OCH3 is 3. The molecule has 0 bridgehead atoms. The highest BCUT2D eigenvalue weighted by Crippen LogP contribution is 2.47. The average molecular weight is 490 g/mol. The summed E-state index contributed by atoms with van der Waals surface area (Å²) in [5, 5.41) is 20.8. The maximum absolute atomic E-state index is 13.1. The molecule has 1 aliphatic heterocycles. The highest BCUT2D eigenvalue weighted by Gasteiger charge is 2.34. The average Bonchev–Trinajstić information content (AvgIpc) is 2.87. The van der Waals surface area contributed by atoms with Gasteiger partial charge in [-0.25, -0.2) is 0 Å². The number of phenols is 2. The summed E-state index contributed by atoms with van der Waals surface area (Å²) in [5.41, 5.74) is 1.14. The number of fused-ring (bicyclic) bond motifs is 3. The first-order valence-electron chi connectivity index (χ1n) is 11.0. The van der Waals surface area contributed by atoms with Crippen LogP contribution in [0.1, 0.15) is 23.5 Å². The van der Waals surface area contributed by atoms with Gasteiger partial charge in [0.1, 0.15) is 28.2 Å². The molecule has 0 radical (unpaired) electrons. The maximum Gasteiger partial charge on any atom is 0.312 e. The van der Waals surface area contributed by atoms with E-state index >= 15 is 0 Å². The second-order valence-corrected chi connectivity index (χ2v) is 8.22. The van der Waals surface area contributed by atoms with Crippen molar-refractivity contribution in [3.05, 3.63) is 69.9 Å². The number of phenolic OH excluding ortho intramolecular Hbond substituents is 2. The van der Waals surface area contributed by atoms with Crippen molar-refractivity contribution in [2.75, 3.05) is 21.3 Å². The quantitative estimate of drug-likeness (QED) is 0.310. The molecule has 2 N–H and O–H groups in total. The van der Waals surface area contributed by atoms with Crippen LogP contribution in [-0.2, 0) is 4.79 Å². The molecule has 0 saturated heterocycles. The number of ether oxygens (including phenoxy) is 4. The predicted octanol–water partition coefficient (Wildman–Crippen LogP) is 4.34. The van der Waals surface area contributed by atoms with Crippen molar-refractivity contribution in [2.45, 2.75) is 12.3 Å². The van der Waals surface area contributed by atoms with Crippen LogP contribution in [0, 0.1) is 0 Å². The Balaban J connectivity index is 1.77. The molecular weight excluding hydrogens is 468 g/mol. The number of carbonyl (C=O) groups excluding carboxylic acids is 1.